The van der Waals surface area contributed by atoms with Crippen LogP contribution in [-0.2, 0) is 14.4 Å². The van der Waals surface area contributed by atoms with Crippen molar-refractivity contribution in [2.75, 3.05) is 16.8 Å². The Morgan fingerprint density at radius 2 is 1.81 bits per heavy atom. The minimum atomic E-state index is -0.838. The van der Waals surface area contributed by atoms with Gasteiger partial charge < -0.3 is 10.1 Å². The zero-order valence-corrected chi connectivity index (χ0v) is 21.2. The van der Waals surface area contributed by atoms with Crippen LogP contribution < -0.4 is 20.3 Å². The lowest BCUT2D eigenvalue weighted by atomic mass is 10.1. The summed E-state index contributed by atoms with van der Waals surface area (Å²) in [5.74, 6) is -1.68. The van der Waals surface area contributed by atoms with Crippen molar-refractivity contribution in [3.05, 3.63) is 92.9 Å². The fourth-order valence-corrected chi connectivity index (χ4v) is 3.92. The SMILES string of the molecule is Cc1ccccc1NC(=O)COc1ccc(/C=C2\C(=O)NC(=O)N(c3ccc(Br)cc3)C2=O)cc1Cl. The van der Waals surface area contributed by atoms with Gasteiger partial charge in [0.1, 0.15) is 11.3 Å². The summed E-state index contributed by atoms with van der Waals surface area (Å²) in [6.07, 6.45) is 1.33. The van der Waals surface area contributed by atoms with Gasteiger partial charge in [0.25, 0.3) is 17.7 Å². The molecule has 1 saturated heterocycles. The zero-order chi connectivity index (χ0) is 25.8. The quantitative estimate of drug-likeness (QED) is 0.318. The lowest BCUT2D eigenvalue weighted by molar-refractivity contribution is -0.122. The molecule has 1 fully saturated rings. The summed E-state index contributed by atoms with van der Waals surface area (Å²) < 4.78 is 6.30. The second-order valence-electron chi connectivity index (χ2n) is 7.78. The van der Waals surface area contributed by atoms with Gasteiger partial charge in [0.05, 0.1) is 10.7 Å². The van der Waals surface area contributed by atoms with Gasteiger partial charge in [-0.1, -0.05) is 51.8 Å². The number of urea groups is 1. The van der Waals surface area contributed by atoms with Crippen molar-refractivity contribution in [2.24, 2.45) is 0 Å². The normalized spacial score (nSPS) is 14.6. The van der Waals surface area contributed by atoms with E-state index >= 15 is 0 Å². The summed E-state index contributed by atoms with van der Waals surface area (Å²) in [7, 11) is 0. The van der Waals surface area contributed by atoms with Gasteiger partial charge in [-0.25, -0.2) is 9.69 Å². The van der Waals surface area contributed by atoms with E-state index in [1.165, 1.54) is 18.2 Å². The zero-order valence-electron chi connectivity index (χ0n) is 18.9. The average molecular weight is 569 g/mol. The van der Waals surface area contributed by atoms with Crippen LogP contribution in [0.5, 0.6) is 5.75 Å². The van der Waals surface area contributed by atoms with Gasteiger partial charge in [-0.15, -0.1) is 0 Å². The number of halogens is 2. The lowest BCUT2D eigenvalue weighted by Gasteiger charge is -2.26. The topological polar surface area (TPSA) is 105 Å². The minimum absolute atomic E-state index is 0.178. The number of carbonyl (C=O) groups is 4. The molecule has 2 N–H and O–H groups in total. The fourth-order valence-electron chi connectivity index (χ4n) is 3.42. The highest BCUT2D eigenvalue weighted by molar-refractivity contribution is 9.10. The average Bonchev–Trinajstić information content (AvgIpc) is 2.84. The largest absolute Gasteiger partial charge is 0.482 e. The summed E-state index contributed by atoms with van der Waals surface area (Å²) in [6.45, 7) is 1.62. The van der Waals surface area contributed by atoms with Crippen molar-refractivity contribution in [1.82, 2.24) is 5.32 Å². The van der Waals surface area contributed by atoms with Gasteiger partial charge in [0, 0.05) is 10.2 Å². The number of aryl methyl sites for hydroxylation is 1. The molecule has 3 aromatic carbocycles. The highest BCUT2D eigenvalue weighted by atomic mass is 79.9. The molecular weight excluding hydrogens is 550 g/mol. The van der Waals surface area contributed by atoms with Gasteiger partial charge in [-0.3, -0.25) is 19.7 Å². The van der Waals surface area contributed by atoms with E-state index in [-0.39, 0.29) is 28.9 Å². The van der Waals surface area contributed by atoms with E-state index in [9.17, 15) is 19.2 Å². The number of ether oxygens (including phenoxy) is 1. The fraction of sp³-hybridized carbons (Fsp3) is 0.0769. The van der Waals surface area contributed by atoms with E-state index in [0.717, 1.165) is 14.9 Å². The molecule has 1 heterocycles. The van der Waals surface area contributed by atoms with Gasteiger partial charge in [-0.2, -0.15) is 0 Å². The van der Waals surface area contributed by atoms with E-state index in [1.807, 2.05) is 25.1 Å². The molecule has 0 radical (unpaired) electrons. The molecule has 0 atom stereocenters. The number of hydrogen-bond acceptors (Lipinski definition) is 5. The van der Waals surface area contributed by atoms with Crippen LogP contribution in [-0.4, -0.2) is 30.4 Å². The lowest BCUT2D eigenvalue weighted by Crippen LogP contribution is -2.54. The number of nitrogens with zero attached hydrogens (tertiary/aromatic N) is 1. The molecule has 10 heteroatoms. The number of carbonyl (C=O) groups excluding carboxylic acids is 4. The Balaban J connectivity index is 1.48. The summed E-state index contributed by atoms with van der Waals surface area (Å²) in [5, 5.41) is 5.12. The Morgan fingerprint density at radius 1 is 1.08 bits per heavy atom. The summed E-state index contributed by atoms with van der Waals surface area (Å²) >= 11 is 9.61. The third-order valence-electron chi connectivity index (χ3n) is 5.23. The highest BCUT2D eigenvalue weighted by Gasteiger charge is 2.36. The standard InChI is InChI=1S/C26H19BrClN3O5/c1-15-4-2-3-5-21(15)29-23(32)14-36-22-11-6-16(13-20(22)28)12-19-24(33)30-26(35)31(25(19)34)18-9-7-17(27)8-10-18/h2-13H,14H2,1H3,(H,29,32)(H,30,33,35)/b19-12+. The Hall–Kier alpha value is -3.95. The number of benzene rings is 3. The van der Waals surface area contributed by atoms with Crippen LogP contribution in [0.15, 0.2) is 76.8 Å². The summed E-state index contributed by atoms with van der Waals surface area (Å²) in [6, 6.07) is 17.6. The van der Waals surface area contributed by atoms with Crippen LogP contribution in [0.2, 0.25) is 5.02 Å². The van der Waals surface area contributed by atoms with Crippen molar-refractivity contribution in [1.29, 1.82) is 0 Å². The van der Waals surface area contributed by atoms with Crippen molar-refractivity contribution in [2.45, 2.75) is 6.92 Å². The number of rotatable bonds is 6. The van der Waals surface area contributed by atoms with Crippen LogP contribution in [0.25, 0.3) is 6.08 Å². The Kier molecular flexibility index (Phi) is 7.52. The highest BCUT2D eigenvalue weighted by Crippen LogP contribution is 2.28. The number of barbiturate groups is 1. The first kappa shape index (κ1) is 25.2. The molecule has 182 valence electrons. The second kappa shape index (κ2) is 10.8. The number of nitrogens with one attached hydrogen (secondary N) is 2. The van der Waals surface area contributed by atoms with Crippen LogP contribution in [0.3, 0.4) is 0 Å². The van der Waals surface area contributed by atoms with Gasteiger partial charge >= 0.3 is 6.03 Å². The summed E-state index contributed by atoms with van der Waals surface area (Å²) in [5.41, 5.74) is 2.11. The first-order chi connectivity index (χ1) is 17.2. The molecule has 8 nitrogen and oxygen atoms in total. The Morgan fingerprint density at radius 3 is 2.50 bits per heavy atom. The molecule has 5 amide bonds. The maximum absolute atomic E-state index is 13.0. The van der Waals surface area contributed by atoms with Crippen LogP contribution in [0.4, 0.5) is 16.2 Å². The number of anilines is 2. The molecule has 0 saturated carbocycles. The molecular formula is C26H19BrClN3O5. The smallest absolute Gasteiger partial charge is 0.335 e. The third kappa shape index (κ3) is 5.64. The predicted molar refractivity (Wildman–Crippen MR) is 140 cm³/mol. The molecule has 36 heavy (non-hydrogen) atoms. The van der Waals surface area contributed by atoms with E-state index in [0.29, 0.717) is 16.9 Å². The van der Waals surface area contributed by atoms with Crippen molar-refractivity contribution in [3.8, 4) is 5.75 Å². The van der Waals surface area contributed by atoms with Gasteiger partial charge in [-0.05, 0) is 66.6 Å². The van der Waals surface area contributed by atoms with Crippen LogP contribution in [0.1, 0.15) is 11.1 Å². The van der Waals surface area contributed by atoms with Crippen molar-refractivity contribution < 1.29 is 23.9 Å². The van der Waals surface area contributed by atoms with Gasteiger partial charge in [0.2, 0.25) is 0 Å². The molecule has 0 aliphatic carbocycles. The number of para-hydroxylation sites is 1. The molecule has 1 aliphatic heterocycles. The molecule has 0 unspecified atom stereocenters. The molecule has 0 spiro atoms. The van der Waals surface area contributed by atoms with Crippen LogP contribution >= 0.6 is 27.5 Å². The summed E-state index contributed by atoms with van der Waals surface area (Å²) in [4.78, 5) is 50.8. The number of hydrogen-bond donors (Lipinski definition) is 2. The van der Waals surface area contributed by atoms with E-state index in [1.54, 1.807) is 36.4 Å². The second-order valence-corrected chi connectivity index (χ2v) is 9.10. The van der Waals surface area contributed by atoms with E-state index in [4.69, 9.17) is 16.3 Å². The molecule has 0 bridgehead atoms. The van der Waals surface area contributed by atoms with Crippen molar-refractivity contribution in [3.63, 3.8) is 0 Å². The maximum Gasteiger partial charge on any atom is 0.335 e. The molecule has 0 aromatic heterocycles. The van der Waals surface area contributed by atoms with Crippen LogP contribution in [0, 0.1) is 6.92 Å². The first-order valence-electron chi connectivity index (χ1n) is 10.7. The van der Waals surface area contributed by atoms with E-state index in [2.05, 4.69) is 26.6 Å². The van der Waals surface area contributed by atoms with Crippen molar-refractivity contribution >= 4 is 68.7 Å². The predicted octanol–water partition coefficient (Wildman–Crippen LogP) is 5.09. The monoisotopic (exact) mass is 567 g/mol. The molecule has 3 aromatic rings. The minimum Gasteiger partial charge on any atom is -0.482 e. The maximum atomic E-state index is 13.0. The number of imide groups is 2. The third-order valence-corrected chi connectivity index (χ3v) is 6.06. The van der Waals surface area contributed by atoms with E-state index < -0.39 is 17.8 Å². The Bertz CT molecular complexity index is 1400. The van der Waals surface area contributed by atoms with Gasteiger partial charge in [0.15, 0.2) is 6.61 Å². The molecule has 1 aliphatic rings. The number of amides is 5. The molecule has 4 rings (SSSR count). The Labute approximate surface area is 220 Å². The first-order valence-corrected chi connectivity index (χ1v) is 11.8.